The molecule has 0 aliphatic heterocycles. The SMILES string of the molecule is N#Cc1cccc2c1oc1c(-c3ccc(-c4ccc5c(-c6ccccc6)c6ccccc6c(-c6ccccc6)c5c4)cc3)cccc12. The van der Waals surface area contributed by atoms with Crippen LogP contribution in [0.1, 0.15) is 5.56 Å². The van der Waals surface area contributed by atoms with Crippen LogP contribution in [0, 0.1) is 11.3 Å². The lowest BCUT2D eigenvalue weighted by Crippen LogP contribution is -1.91. The van der Waals surface area contributed by atoms with Gasteiger partial charge in [-0.05, 0) is 72.6 Å². The van der Waals surface area contributed by atoms with E-state index in [0.29, 0.717) is 11.1 Å². The van der Waals surface area contributed by atoms with Gasteiger partial charge in [0.15, 0.2) is 5.58 Å². The second-order valence-corrected chi connectivity index (χ2v) is 11.9. The van der Waals surface area contributed by atoms with Gasteiger partial charge in [0.2, 0.25) is 0 Å². The molecule has 1 aromatic heterocycles. The van der Waals surface area contributed by atoms with E-state index in [1.165, 1.54) is 43.8 Å². The Balaban J connectivity index is 1.23. The van der Waals surface area contributed by atoms with E-state index < -0.39 is 0 Å². The Bertz CT molecular complexity index is 2660. The topological polar surface area (TPSA) is 36.9 Å². The Morgan fingerprint density at radius 3 is 1.53 bits per heavy atom. The Morgan fingerprint density at radius 2 is 0.872 bits per heavy atom. The number of hydrogen-bond donors (Lipinski definition) is 0. The molecule has 0 bridgehead atoms. The van der Waals surface area contributed by atoms with E-state index in [-0.39, 0.29) is 0 Å². The molecule has 0 saturated carbocycles. The van der Waals surface area contributed by atoms with Crippen LogP contribution in [0.25, 0.3) is 88.0 Å². The third-order valence-electron chi connectivity index (χ3n) is 9.32. The van der Waals surface area contributed by atoms with Gasteiger partial charge in [-0.3, -0.25) is 0 Å². The average molecular weight is 598 g/mol. The van der Waals surface area contributed by atoms with E-state index >= 15 is 0 Å². The lowest BCUT2D eigenvalue weighted by atomic mass is 9.85. The molecule has 1 heterocycles. The van der Waals surface area contributed by atoms with Crippen LogP contribution >= 0.6 is 0 Å². The molecule has 218 valence electrons. The van der Waals surface area contributed by atoms with Gasteiger partial charge in [0, 0.05) is 16.3 Å². The maximum absolute atomic E-state index is 9.65. The van der Waals surface area contributed by atoms with Gasteiger partial charge in [-0.25, -0.2) is 0 Å². The van der Waals surface area contributed by atoms with Crippen LogP contribution in [-0.4, -0.2) is 0 Å². The van der Waals surface area contributed by atoms with Gasteiger partial charge < -0.3 is 4.42 Å². The van der Waals surface area contributed by atoms with E-state index in [4.69, 9.17) is 4.42 Å². The predicted octanol–water partition coefficient (Wildman–Crippen LogP) is 12.4. The monoisotopic (exact) mass is 597 g/mol. The quantitative estimate of drug-likeness (QED) is 0.189. The zero-order chi connectivity index (χ0) is 31.3. The molecule has 2 heteroatoms. The van der Waals surface area contributed by atoms with Crippen molar-refractivity contribution in [1.29, 1.82) is 5.26 Å². The fraction of sp³-hybridized carbons (Fsp3) is 0. The summed E-state index contributed by atoms with van der Waals surface area (Å²) < 4.78 is 6.34. The minimum absolute atomic E-state index is 0.550. The normalized spacial score (nSPS) is 11.4. The van der Waals surface area contributed by atoms with Crippen molar-refractivity contribution >= 4 is 43.5 Å². The van der Waals surface area contributed by atoms with Gasteiger partial charge in [-0.2, -0.15) is 5.26 Å². The zero-order valence-corrected chi connectivity index (χ0v) is 25.4. The van der Waals surface area contributed by atoms with Crippen molar-refractivity contribution in [3.63, 3.8) is 0 Å². The van der Waals surface area contributed by atoms with Gasteiger partial charge in [0.1, 0.15) is 11.7 Å². The molecule has 9 rings (SSSR count). The third kappa shape index (κ3) is 4.33. The standard InChI is InChI=1S/C45H27NO/c46-28-34-15-9-19-39-40-20-10-18-35(45(40)47-44(34)39)30-23-21-29(22-24-30)33-25-26-38-41(27-33)43(32-13-5-2-6-14-32)37-17-8-7-16-36(37)42(38)31-11-3-1-4-12-31/h1-27H. The highest BCUT2D eigenvalue weighted by Crippen LogP contribution is 2.45. The highest BCUT2D eigenvalue weighted by atomic mass is 16.3. The number of hydrogen-bond acceptors (Lipinski definition) is 2. The van der Waals surface area contributed by atoms with E-state index in [1.54, 1.807) is 6.07 Å². The average Bonchev–Trinajstić information content (AvgIpc) is 3.54. The summed E-state index contributed by atoms with van der Waals surface area (Å²) in [5.74, 6) is 0. The molecule has 0 unspecified atom stereocenters. The van der Waals surface area contributed by atoms with E-state index in [1.807, 2.05) is 12.1 Å². The highest BCUT2D eigenvalue weighted by molar-refractivity contribution is 6.22. The van der Waals surface area contributed by atoms with Crippen LogP contribution < -0.4 is 0 Å². The van der Waals surface area contributed by atoms with Crippen molar-refractivity contribution in [3.8, 4) is 50.6 Å². The first-order valence-corrected chi connectivity index (χ1v) is 15.8. The molecule has 0 spiro atoms. The minimum Gasteiger partial charge on any atom is -0.454 e. The third-order valence-corrected chi connectivity index (χ3v) is 9.32. The highest BCUT2D eigenvalue weighted by Gasteiger charge is 2.18. The molecule has 2 nitrogen and oxygen atoms in total. The molecule has 47 heavy (non-hydrogen) atoms. The lowest BCUT2D eigenvalue weighted by molar-refractivity contribution is 0.668. The van der Waals surface area contributed by atoms with E-state index in [0.717, 1.165) is 38.6 Å². The number of nitriles is 1. The summed E-state index contributed by atoms with van der Waals surface area (Å²) in [6, 6.07) is 60.1. The summed E-state index contributed by atoms with van der Waals surface area (Å²) in [7, 11) is 0. The van der Waals surface area contributed by atoms with Crippen molar-refractivity contribution in [2.75, 3.05) is 0 Å². The molecule has 0 amide bonds. The van der Waals surface area contributed by atoms with Gasteiger partial charge in [0.25, 0.3) is 0 Å². The van der Waals surface area contributed by atoms with Crippen LogP contribution in [0.3, 0.4) is 0 Å². The number of nitrogens with zero attached hydrogens (tertiary/aromatic N) is 1. The Kier molecular flexibility index (Phi) is 6.23. The molecule has 0 aliphatic carbocycles. The van der Waals surface area contributed by atoms with Crippen molar-refractivity contribution < 1.29 is 4.42 Å². The second kappa shape index (κ2) is 10.9. The fourth-order valence-corrected chi connectivity index (χ4v) is 7.17. The number of para-hydroxylation sites is 2. The minimum atomic E-state index is 0.550. The first-order chi connectivity index (χ1) is 23.3. The van der Waals surface area contributed by atoms with Gasteiger partial charge in [-0.15, -0.1) is 0 Å². The maximum Gasteiger partial charge on any atom is 0.153 e. The smallest absolute Gasteiger partial charge is 0.153 e. The summed E-state index contributed by atoms with van der Waals surface area (Å²) in [5.41, 5.74) is 11.3. The molecule has 0 saturated heterocycles. The largest absolute Gasteiger partial charge is 0.454 e. The van der Waals surface area contributed by atoms with Crippen molar-refractivity contribution in [3.05, 3.63) is 169 Å². The number of furan rings is 1. The summed E-state index contributed by atoms with van der Waals surface area (Å²) in [6.07, 6.45) is 0. The fourth-order valence-electron chi connectivity index (χ4n) is 7.17. The first kappa shape index (κ1) is 26.9. The van der Waals surface area contributed by atoms with Crippen LogP contribution in [0.15, 0.2) is 168 Å². The van der Waals surface area contributed by atoms with E-state index in [2.05, 4.69) is 152 Å². The molecule has 0 N–H and O–H groups in total. The molecule has 0 atom stereocenters. The Morgan fingerprint density at radius 1 is 0.362 bits per heavy atom. The molecule has 8 aromatic carbocycles. The molecule has 0 radical (unpaired) electrons. The first-order valence-electron chi connectivity index (χ1n) is 15.8. The van der Waals surface area contributed by atoms with Gasteiger partial charge in [0.05, 0.1) is 5.56 Å². The van der Waals surface area contributed by atoms with E-state index in [9.17, 15) is 5.26 Å². The second-order valence-electron chi connectivity index (χ2n) is 11.9. The van der Waals surface area contributed by atoms with Crippen molar-refractivity contribution in [1.82, 2.24) is 0 Å². The van der Waals surface area contributed by atoms with Crippen molar-refractivity contribution in [2.24, 2.45) is 0 Å². The number of rotatable bonds is 4. The Labute approximate surface area is 272 Å². The molecular formula is C45H27NO. The number of benzene rings is 8. The van der Waals surface area contributed by atoms with Crippen LogP contribution in [0.2, 0.25) is 0 Å². The van der Waals surface area contributed by atoms with Crippen LogP contribution in [-0.2, 0) is 0 Å². The summed E-state index contributed by atoms with van der Waals surface area (Å²) in [4.78, 5) is 0. The van der Waals surface area contributed by atoms with Gasteiger partial charge >= 0.3 is 0 Å². The van der Waals surface area contributed by atoms with Crippen LogP contribution in [0.5, 0.6) is 0 Å². The number of fused-ring (bicyclic) bond motifs is 5. The molecular weight excluding hydrogens is 571 g/mol. The van der Waals surface area contributed by atoms with Crippen molar-refractivity contribution in [2.45, 2.75) is 0 Å². The molecule has 0 aliphatic rings. The molecule has 9 aromatic rings. The Hall–Kier alpha value is -6.43. The zero-order valence-electron chi connectivity index (χ0n) is 25.4. The maximum atomic E-state index is 9.65. The lowest BCUT2D eigenvalue weighted by Gasteiger charge is -2.18. The molecule has 0 fully saturated rings. The summed E-state index contributed by atoms with van der Waals surface area (Å²) in [6.45, 7) is 0. The summed E-state index contributed by atoms with van der Waals surface area (Å²) in [5, 5.41) is 16.6. The summed E-state index contributed by atoms with van der Waals surface area (Å²) >= 11 is 0. The van der Waals surface area contributed by atoms with Gasteiger partial charge in [-0.1, -0.05) is 152 Å². The van der Waals surface area contributed by atoms with Crippen LogP contribution in [0.4, 0.5) is 0 Å². The predicted molar refractivity (Wildman–Crippen MR) is 195 cm³/mol.